The molecule has 2 aromatic heterocycles. The van der Waals surface area contributed by atoms with Gasteiger partial charge >= 0.3 is 5.56 Å². The summed E-state index contributed by atoms with van der Waals surface area (Å²) in [5.74, 6) is 0. The van der Waals surface area contributed by atoms with Crippen LogP contribution in [0, 0.1) is 0 Å². The Kier molecular flexibility index (Phi) is 3.19. The molecular weight excluding hydrogens is 186 g/mol. The fourth-order valence-corrected chi connectivity index (χ4v) is 1.10. The second-order valence-electron chi connectivity index (χ2n) is 2.17. The molecule has 0 fully saturated rings. The SMILES string of the molecule is CC.O=c1c2occc2ccn1S. The fourth-order valence-electron chi connectivity index (χ4n) is 0.947. The van der Waals surface area contributed by atoms with E-state index >= 15 is 0 Å². The van der Waals surface area contributed by atoms with Crippen molar-refractivity contribution < 1.29 is 4.42 Å². The van der Waals surface area contributed by atoms with Crippen molar-refractivity contribution in [1.29, 1.82) is 0 Å². The quantitative estimate of drug-likeness (QED) is 0.658. The largest absolute Gasteiger partial charge is 0.458 e. The molecule has 4 heteroatoms. The molecule has 0 aliphatic carbocycles. The monoisotopic (exact) mass is 197 g/mol. The van der Waals surface area contributed by atoms with Crippen LogP contribution in [0.25, 0.3) is 11.0 Å². The van der Waals surface area contributed by atoms with Gasteiger partial charge in [-0.15, -0.1) is 0 Å². The van der Waals surface area contributed by atoms with Gasteiger partial charge < -0.3 is 4.42 Å². The summed E-state index contributed by atoms with van der Waals surface area (Å²) in [5, 5.41) is 0.806. The Morgan fingerprint density at radius 2 is 2.08 bits per heavy atom. The minimum Gasteiger partial charge on any atom is -0.458 e. The second kappa shape index (κ2) is 4.18. The van der Waals surface area contributed by atoms with Crippen LogP contribution < -0.4 is 5.56 Å². The van der Waals surface area contributed by atoms with Crippen molar-refractivity contribution in [3.63, 3.8) is 0 Å². The standard InChI is InChI=1S/C7H5NO2S.C2H6/c9-7-6-5(2-4-10-6)1-3-8(7)11;1-2/h1-4,11H;1-2H3. The highest BCUT2D eigenvalue weighted by Crippen LogP contribution is 2.09. The smallest absolute Gasteiger partial charge is 0.303 e. The van der Waals surface area contributed by atoms with Gasteiger partial charge in [0.2, 0.25) is 0 Å². The molecule has 0 aromatic carbocycles. The lowest BCUT2D eigenvalue weighted by Crippen LogP contribution is -2.10. The van der Waals surface area contributed by atoms with E-state index in [0.717, 1.165) is 5.39 Å². The van der Waals surface area contributed by atoms with Gasteiger partial charge in [0.15, 0.2) is 5.58 Å². The van der Waals surface area contributed by atoms with Crippen molar-refractivity contribution in [2.24, 2.45) is 0 Å². The normalized spacial score (nSPS) is 9.46. The summed E-state index contributed by atoms with van der Waals surface area (Å²) in [7, 11) is 0. The van der Waals surface area contributed by atoms with Gasteiger partial charge in [0.1, 0.15) is 0 Å². The number of furan rings is 1. The summed E-state index contributed by atoms with van der Waals surface area (Å²) in [6.45, 7) is 4.00. The third kappa shape index (κ3) is 1.78. The highest BCUT2D eigenvalue weighted by Gasteiger charge is 2.01. The summed E-state index contributed by atoms with van der Waals surface area (Å²) in [5.41, 5.74) is 0.123. The zero-order chi connectivity index (χ0) is 9.84. The highest BCUT2D eigenvalue weighted by molar-refractivity contribution is 7.78. The Bertz CT molecular complexity index is 444. The fraction of sp³-hybridized carbons (Fsp3) is 0.222. The molecule has 2 rings (SSSR count). The molecule has 0 spiro atoms. The maximum Gasteiger partial charge on any atom is 0.303 e. The Morgan fingerprint density at radius 3 is 2.77 bits per heavy atom. The molecule has 13 heavy (non-hydrogen) atoms. The first-order chi connectivity index (χ1) is 6.29. The topological polar surface area (TPSA) is 35.1 Å². The van der Waals surface area contributed by atoms with Gasteiger partial charge in [-0.2, -0.15) is 0 Å². The number of fused-ring (bicyclic) bond motifs is 1. The average Bonchev–Trinajstić information content (AvgIpc) is 2.63. The molecule has 70 valence electrons. The maximum absolute atomic E-state index is 11.2. The third-order valence-electron chi connectivity index (χ3n) is 1.49. The van der Waals surface area contributed by atoms with Crippen LogP contribution in [0.3, 0.4) is 0 Å². The minimum absolute atomic E-state index is 0.226. The molecule has 0 saturated heterocycles. The molecular formula is C9H11NO2S. The van der Waals surface area contributed by atoms with E-state index in [2.05, 4.69) is 12.8 Å². The molecule has 0 bridgehead atoms. The molecule has 2 heterocycles. The molecule has 0 saturated carbocycles. The predicted molar refractivity (Wildman–Crippen MR) is 56.2 cm³/mol. The molecule has 2 aromatic rings. The number of pyridine rings is 1. The summed E-state index contributed by atoms with van der Waals surface area (Å²) in [4.78, 5) is 11.2. The first-order valence-corrected chi connectivity index (χ1v) is 4.47. The minimum atomic E-state index is -0.226. The van der Waals surface area contributed by atoms with Crippen LogP contribution in [0.5, 0.6) is 0 Å². The molecule has 0 atom stereocenters. The van der Waals surface area contributed by atoms with Gasteiger partial charge in [0, 0.05) is 11.6 Å². The lowest BCUT2D eigenvalue weighted by Gasteiger charge is -1.91. The van der Waals surface area contributed by atoms with Crippen LogP contribution in [0.15, 0.2) is 33.8 Å². The zero-order valence-electron chi connectivity index (χ0n) is 7.52. The average molecular weight is 197 g/mol. The maximum atomic E-state index is 11.2. The molecule has 3 nitrogen and oxygen atoms in total. The second-order valence-corrected chi connectivity index (χ2v) is 2.60. The summed E-state index contributed by atoms with van der Waals surface area (Å²) < 4.78 is 6.13. The highest BCUT2D eigenvalue weighted by atomic mass is 32.1. The first kappa shape index (κ1) is 9.92. The summed E-state index contributed by atoms with van der Waals surface area (Å²) in [6, 6.07) is 3.51. The van der Waals surface area contributed by atoms with Crippen LogP contribution in [0.1, 0.15) is 13.8 Å². The van der Waals surface area contributed by atoms with E-state index < -0.39 is 0 Å². The number of thiol groups is 1. The Balaban J connectivity index is 0.000000396. The van der Waals surface area contributed by atoms with Gasteiger partial charge in [-0.3, -0.25) is 8.77 Å². The number of nitrogens with zero attached hydrogens (tertiary/aromatic N) is 1. The number of hydrogen-bond acceptors (Lipinski definition) is 3. The molecule has 0 N–H and O–H groups in total. The molecule has 0 unspecified atom stereocenters. The van der Waals surface area contributed by atoms with Crippen molar-refractivity contribution in [3.05, 3.63) is 34.9 Å². The van der Waals surface area contributed by atoms with Crippen LogP contribution in [0.4, 0.5) is 0 Å². The Morgan fingerprint density at radius 1 is 1.38 bits per heavy atom. The van der Waals surface area contributed by atoms with E-state index in [9.17, 15) is 4.79 Å². The first-order valence-electron chi connectivity index (χ1n) is 4.07. The van der Waals surface area contributed by atoms with Crippen molar-refractivity contribution in [2.45, 2.75) is 13.8 Å². The van der Waals surface area contributed by atoms with Crippen LogP contribution in [-0.2, 0) is 0 Å². The lowest BCUT2D eigenvalue weighted by atomic mass is 10.3. The van der Waals surface area contributed by atoms with Crippen molar-refractivity contribution in [1.82, 2.24) is 3.97 Å². The third-order valence-corrected chi connectivity index (χ3v) is 1.81. The Labute approximate surface area is 81.5 Å². The van der Waals surface area contributed by atoms with Crippen LogP contribution in [-0.4, -0.2) is 3.97 Å². The van der Waals surface area contributed by atoms with E-state index in [-0.39, 0.29) is 5.56 Å². The molecule has 0 aliphatic rings. The predicted octanol–water partition coefficient (Wildman–Crippen LogP) is 2.31. The lowest BCUT2D eigenvalue weighted by molar-refractivity contribution is 0.610. The number of aromatic nitrogens is 1. The Hall–Kier alpha value is -1.16. The van der Waals surface area contributed by atoms with Crippen LogP contribution in [0.2, 0.25) is 0 Å². The molecule has 0 radical (unpaired) electrons. The summed E-state index contributed by atoms with van der Waals surface area (Å²) >= 11 is 3.89. The van der Waals surface area contributed by atoms with E-state index in [4.69, 9.17) is 4.42 Å². The molecule has 0 amide bonds. The van der Waals surface area contributed by atoms with Gasteiger partial charge in [-0.25, -0.2) is 0 Å². The number of rotatable bonds is 0. The molecule has 0 aliphatic heterocycles. The van der Waals surface area contributed by atoms with Gasteiger partial charge in [0.25, 0.3) is 0 Å². The summed E-state index contributed by atoms with van der Waals surface area (Å²) in [6.07, 6.45) is 3.07. The van der Waals surface area contributed by atoms with Crippen molar-refractivity contribution >= 4 is 23.8 Å². The van der Waals surface area contributed by atoms with E-state index in [0.29, 0.717) is 5.58 Å². The zero-order valence-corrected chi connectivity index (χ0v) is 8.41. The van der Waals surface area contributed by atoms with Crippen LogP contribution >= 0.6 is 12.8 Å². The number of hydrogen-bond donors (Lipinski definition) is 1. The van der Waals surface area contributed by atoms with Gasteiger partial charge in [-0.1, -0.05) is 26.7 Å². The van der Waals surface area contributed by atoms with E-state index in [1.54, 1.807) is 18.3 Å². The van der Waals surface area contributed by atoms with Gasteiger partial charge in [0.05, 0.1) is 6.26 Å². The van der Waals surface area contributed by atoms with Gasteiger partial charge in [-0.05, 0) is 12.1 Å². The van der Waals surface area contributed by atoms with Crippen molar-refractivity contribution in [3.8, 4) is 0 Å². The van der Waals surface area contributed by atoms with E-state index in [1.165, 1.54) is 10.2 Å². The van der Waals surface area contributed by atoms with Crippen molar-refractivity contribution in [2.75, 3.05) is 0 Å². The van der Waals surface area contributed by atoms with E-state index in [1.807, 2.05) is 13.8 Å².